The number of carbonyl (C=O) groups excluding carboxylic acids is 2. The Bertz CT molecular complexity index is 1170. The molecular weight excluding hydrogens is 474 g/mol. The van der Waals surface area contributed by atoms with Crippen molar-refractivity contribution in [3.8, 4) is 0 Å². The SMILES string of the molecule is C=CC(=O)NC1CCCN(S(=O)(=O)c2ccc(C(=O)NCCc3ccc(C(C)(C)C)cc3)cc2)CC1. The van der Waals surface area contributed by atoms with E-state index in [1.807, 2.05) is 0 Å². The van der Waals surface area contributed by atoms with E-state index in [1.54, 1.807) is 12.1 Å². The molecule has 2 N–H and O–H groups in total. The molecule has 3 rings (SSSR count). The summed E-state index contributed by atoms with van der Waals surface area (Å²) in [7, 11) is -3.68. The molecule has 0 aromatic heterocycles. The molecule has 2 aromatic rings. The fraction of sp³-hybridized carbons (Fsp3) is 0.429. The van der Waals surface area contributed by atoms with Crippen molar-refractivity contribution in [2.45, 2.75) is 62.8 Å². The zero-order valence-corrected chi connectivity index (χ0v) is 22.2. The summed E-state index contributed by atoms with van der Waals surface area (Å²) in [5.74, 6) is -0.482. The highest BCUT2D eigenvalue weighted by Gasteiger charge is 2.28. The number of benzene rings is 2. The average molecular weight is 512 g/mol. The highest BCUT2D eigenvalue weighted by molar-refractivity contribution is 7.89. The molecule has 0 aliphatic carbocycles. The van der Waals surface area contributed by atoms with E-state index in [-0.39, 0.29) is 28.2 Å². The molecule has 1 aliphatic rings. The van der Waals surface area contributed by atoms with Crippen molar-refractivity contribution in [2.24, 2.45) is 0 Å². The standard InChI is InChI=1S/C28H37N3O4S/c1-5-26(32)30-24-7-6-19-31(20-17-24)36(34,35)25-14-10-22(11-15-25)27(33)29-18-16-21-8-12-23(13-9-21)28(2,3)4/h5,8-15,24H,1,6-7,16-20H2,2-4H3,(H,29,33)(H,30,32). The number of hydrogen-bond donors (Lipinski definition) is 2. The Kier molecular flexibility index (Phi) is 9.08. The molecule has 194 valence electrons. The number of rotatable bonds is 8. The molecular formula is C28H37N3O4S. The normalized spacial score (nSPS) is 17.1. The number of nitrogens with one attached hydrogen (secondary N) is 2. The summed E-state index contributed by atoms with van der Waals surface area (Å²) in [6.45, 7) is 11.2. The van der Waals surface area contributed by atoms with Gasteiger partial charge in [-0.3, -0.25) is 9.59 Å². The first kappa shape index (κ1) is 27.6. The molecule has 1 aliphatic heterocycles. The maximum Gasteiger partial charge on any atom is 0.251 e. The molecule has 0 radical (unpaired) electrons. The van der Waals surface area contributed by atoms with Crippen LogP contribution in [0.25, 0.3) is 0 Å². The summed E-state index contributed by atoms with van der Waals surface area (Å²) in [4.78, 5) is 24.3. The quantitative estimate of drug-likeness (QED) is 0.527. The third-order valence-electron chi connectivity index (χ3n) is 6.49. The van der Waals surface area contributed by atoms with Crippen molar-refractivity contribution in [3.05, 3.63) is 77.9 Å². The molecule has 1 saturated heterocycles. The van der Waals surface area contributed by atoms with E-state index in [2.05, 4.69) is 62.2 Å². The van der Waals surface area contributed by atoms with E-state index >= 15 is 0 Å². The summed E-state index contributed by atoms with van der Waals surface area (Å²) in [5, 5.41) is 5.76. The predicted octanol–water partition coefficient (Wildman–Crippen LogP) is 3.80. The first-order chi connectivity index (χ1) is 17.0. The minimum absolute atomic E-state index is 0.0711. The van der Waals surface area contributed by atoms with Crippen molar-refractivity contribution in [1.82, 2.24) is 14.9 Å². The van der Waals surface area contributed by atoms with E-state index < -0.39 is 10.0 Å². The van der Waals surface area contributed by atoms with Gasteiger partial charge in [-0.05, 0) is 72.6 Å². The minimum atomic E-state index is -3.68. The number of nitrogens with zero attached hydrogens (tertiary/aromatic N) is 1. The van der Waals surface area contributed by atoms with E-state index in [0.717, 1.165) is 5.56 Å². The topological polar surface area (TPSA) is 95.6 Å². The van der Waals surface area contributed by atoms with E-state index in [9.17, 15) is 18.0 Å². The predicted molar refractivity (Wildman–Crippen MR) is 142 cm³/mol. The molecule has 7 nitrogen and oxygen atoms in total. The molecule has 1 atom stereocenters. The van der Waals surface area contributed by atoms with Crippen LogP contribution >= 0.6 is 0 Å². The maximum absolute atomic E-state index is 13.1. The molecule has 1 fully saturated rings. The summed E-state index contributed by atoms with van der Waals surface area (Å²) in [6.07, 6.45) is 3.84. The maximum atomic E-state index is 13.1. The Morgan fingerprint density at radius 1 is 1.03 bits per heavy atom. The minimum Gasteiger partial charge on any atom is -0.352 e. The Morgan fingerprint density at radius 2 is 1.69 bits per heavy atom. The van der Waals surface area contributed by atoms with Gasteiger partial charge in [-0.1, -0.05) is 51.6 Å². The average Bonchev–Trinajstić information content (AvgIpc) is 3.10. The first-order valence-electron chi connectivity index (χ1n) is 12.4. The van der Waals surface area contributed by atoms with Gasteiger partial charge in [-0.25, -0.2) is 8.42 Å². The molecule has 2 amide bonds. The monoisotopic (exact) mass is 511 g/mol. The van der Waals surface area contributed by atoms with E-state index in [4.69, 9.17) is 0 Å². The van der Waals surface area contributed by atoms with Crippen LogP contribution in [0.5, 0.6) is 0 Å². The summed E-state index contributed by atoms with van der Waals surface area (Å²) < 4.78 is 27.7. The zero-order valence-electron chi connectivity index (χ0n) is 21.4. The summed E-state index contributed by atoms with van der Waals surface area (Å²) in [5.41, 5.74) is 2.93. The van der Waals surface area contributed by atoms with Gasteiger partial charge in [0.1, 0.15) is 0 Å². The lowest BCUT2D eigenvalue weighted by atomic mass is 9.86. The van der Waals surface area contributed by atoms with Gasteiger partial charge in [0.05, 0.1) is 4.90 Å². The lowest BCUT2D eigenvalue weighted by Crippen LogP contribution is -2.36. The number of hydrogen-bond acceptors (Lipinski definition) is 4. The molecule has 0 spiro atoms. The van der Waals surface area contributed by atoms with Crippen LogP contribution in [0.1, 0.15) is 61.5 Å². The second-order valence-corrected chi connectivity index (χ2v) is 12.2. The molecule has 1 unspecified atom stereocenters. The van der Waals surface area contributed by atoms with E-state index in [1.165, 1.54) is 28.1 Å². The van der Waals surface area contributed by atoms with Crippen LogP contribution in [0.2, 0.25) is 0 Å². The highest BCUT2D eigenvalue weighted by Crippen LogP contribution is 2.23. The second kappa shape index (κ2) is 11.8. The van der Waals surface area contributed by atoms with Crippen LogP contribution in [0.15, 0.2) is 66.1 Å². The van der Waals surface area contributed by atoms with Crippen LogP contribution < -0.4 is 10.6 Å². The van der Waals surface area contributed by atoms with Crippen molar-refractivity contribution in [1.29, 1.82) is 0 Å². The zero-order chi connectivity index (χ0) is 26.3. The smallest absolute Gasteiger partial charge is 0.251 e. The van der Waals surface area contributed by atoms with Crippen LogP contribution in [0, 0.1) is 0 Å². The number of carbonyl (C=O) groups is 2. The fourth-order valence-electron chi connectivity index (χ4n) is 4.24. The van der Waals surface area contributed by atoms with Crippen molar-refractivity contribution in [2.75, 3.05) is 19.6 Å². The van der Waals surface area contributed by atoms with Gasteiger partial charge in [0.25, 0.3) is 5.91 Å². The summed E-state index contributed by atoms with van der Waals surface area (Å²) in [6, 6.07) is 14.4. The lowest BCUT2D eigenvalue weighted by Gasteiger charge is -2.20. The third-order valence-corrected chi connectivity index (χ3v) is 8.41. The molecule has 0 saturated carbocycles. The van der Waals surface area contributed by atoms with Crippen molar-refractivity contribution < 1.29 is 18.0 Å². The van der Waals surface area contributed by atoms with Gasteiger partial charge in [-0.2, -0.15) is 4.31 Å². The van der Waals surface area contributed by atoms with Gasteiger partial charge in [0, 0.05) is 31.2 Å². The number of sulfonamides is 1. The molecule has 0 bridgehead atoms. The molecule has 8 heteroatoms. The molecule has 2 aromatic carbocycles. The van der Waals surface area contributed by atoms with Crippen molar-refractivity contribution >= 4 is 21.8 Å². The largest absolute Gasteiger partial charge is 0.352 e. The number of amides is 2. The third kappa shape index (κ3) is 7.27. The highest BCUT2D eigenvalue weighted by atomic mass is 32.2. The fourth-order valence-corrected chi connectivity index (χ4v) is 5.73. The Hall–Kier alpha value is -2.97. The van der Waals surface area contributed by atoms with Crippen LogP contribution in [-0.2, 0) is 26.7 Å². The van der Waals surface area contributed by atoms with Crippen molar-refractivity contribution in [3.63, 3.8) is 0 Å². The van der Waals surface area contributed by atoms with Gasteiger partial charge < -0.3 is 10.6 Å². The first-order valence-corrected chi connectivity index (χ1v) is 13.9. The van der Waals surface area contributed by atoms with Gasteiger partial charge in [0.2, 0.25) is 15.9 Å². The Balaban J connectivity index is 1.54. The lowest BCUT2D eigenvalue weighted by molar-refractivity contribution is -0.117. The van der Waals surface area contributed by atoms with Gasteiger partial charge >= 0.3 is 0 Å². The van der Waals surface area contributed by atoms with E-state index in [0.29, 0.717) is 50.9 Å². The van der Waals surface area contributed by atoms with Crippen LogP contribution in [0.4, 0.5) is 0 Å². The van der Waals surface area contributed by atoms with Crippen LogP contribution in [-0.4, -0.2) is 50.2 Å². The Morgan fingerprint density at radius 3 is 2.31 bits per heavy atom. The summed E-state index contributed by atoms with van der Waals surface area (Å²) >= 11 is 0. The van der Waals surface area contributed by atoms with Gasteiger partial charge in [0.15, 0.2) is 0 Å². The molecule has 36 heavy (non-hydrogen) atoms. The molecule has 1 heterocycles. The Labute approximate surface area is 215 Å². The second-order valence-electron chi connectivity index (χ2n) is 10.2. The van der Waals surface area contributed by atoms with Crippen LogP contribution in [0.3, 0.4) is 0 Å². The van der Waals surface area contributed by atoms with Gasteiger partial charge in [-0.15, -0.1) is 0 Å².